The van der Waals surface area contributed by atoms with E-state index in [2.05, 4.69) is 15.3 Å². The molecule has 2 aromatic heterocycles. The normalized spacial score (nSPS) is 14.7. The first-order chi connectivity index (χ1) is 9.56. The summed E-state index contributed by atoms with van der Waals surface area (Å²) in [7, 11) is 1.86. The third-order valence-electron chi connectivity index (χ3n) is 3.15. The van der Waals surface area contributed by atoms with Crippen LogP contribution in [-0.2, 0) is 11.8 Å². The highest BCUT2D eigenvalue weighted by molar-refractivity contribution is 7.99. The molecule has 0 unspecified atom stereocenters. The average molecular weight is 293 g/mol. The Bertz CT molecular complexity index is 659. The van der Waals surface area contributed by atoms with Crippen molar-refractivity contribution in [2.75, 3.05) is 5.75 Å². The van der Waals surface area contributed by atoms with E-state index in [1.165, 1.54) is 11.8 Å². The fraction of sp³-hybridized carbons (Fsp3) is 0.500. The molecule has 0 amide bonds. The number of rotatable bonds is 5. The van der Waals surface area contributed by atoms with Gasteiger partial charge < -0.3 is 5.11 Å². The lowest BCUT2D eigenvalue weighted by atomic mass is 10.3. The van der Waals surface area contributed by atoms with Crippen molar-refractivity contribution in [3.05, 3.63) is 17.7 Å². The molecule has 1 N–H and O–H groups in total. The van der Waals surface area contributed by atoms with E-state index < -0.39 is 5.97 Å². The number of aromatic nitrogens is 5. The Labute approximate surface area is 120 Å². The van der Waals surface area contributed by atoms with Gasteiger partial charge in [-0.2, -0.15) is 5.10 Å². The fourth-order valence-corrected chi connectivity index (χ4v) is 2.81. The van der Waals surface area contributed by atoms with Gasteiger partial charge in [0.25, 0.3) is 0 Å². The summed E-state index contributed by atoms with van der Waals surface area (Å²) in [5.74, 6) is 0.456. The first-order valence-electron chi connectivity index (χ1n) is 6.36. The molecule has 0 atom stereocenters. The lowest BCUT2D eigenvalue weighted by molar-refractivity contribution is -0.133. The van der Waals surface area contributed by atoms with Gasteiger partial charge in [-0.15, -0.1) is 10.2 Å². The maximum atomic E-state index is 10.7. The van der Waals surface area contributed by atoms with Gasteiger partial charge in [0, 0.05) is 19.2 Å². The fourth-order valence-electron chi connectivity index (χ4n) is 2.14. The van der Waals surface area contributed by atoms with E-state index in [0.29, 0.717) is 11.1 Å². The molecule has 0 saturated heterocycles. The Balaban J connectivity index is 2.03. The average Bonchev–Trinajstić information content (AvgIpc) is 3.05. The van der Waals surface area contributed by atoms with Crippen LogP contribution >= 0.6 is 11.8 Å². The van der Waals surface area contributed by atoms with E-state index in [1.54, 1.807) is 4.68 Å². The van der Waals surface area contributed by atoms with Crippen LogP contribution in [0.25, 0.3) is 5.69 Å². The molecule has 3 rings (SSSR count). The van der Waals surface area contributed by atoms with Crippen LogP contribution in [0, 0.1) is 6.92 Å². The lowest BCUT2D eigenvalue weighted by Crippen LogP contribution is -2.04. The molecule has 7 nitrogen and oxygen atoms in total. The number of thioether (sulfide) groups is 1. The van der Waals surface area contributed by atoms with E-state index in [1.807, 2.05) is 24.7 Å². The quantitative estimate of drug-likeness (QED) is 0.838. The minimum atomic E-state index is -0.861. The maximum absolute atomic E-state index is 10.7. The highest BCUT2D eigenvalue weighted by Crippen LogP contribution is 2.41. The van der Waals surface area contributed by atoms with Crippen LogP contribution in [0.15, 0.2) is 11.4 Å². The largest absolute Gasteiger partial charge is 0.481 e. The smallest absolute Gasteiger partial charge is 0.313 e. The molecule has 0 aromatic carbocycles. The van der Waals surface area contributed by atoms with Crippen LogP contribution in [-0.4, -0.2) is 41.4 Å². The SMILES string of the molecule is Cc1nn(C)cc1-n1c(SCC(=O)O)nnc1C1CC1. The summed E-state index contributed by atoms with van der Waals surface area (Å²) in [6, 6.07) is 0. The molecular formula is C12H15N5O2S. The van der Waals surface area contributed by atoms with Gasteiger partial charge in [0.2, 0.25) is 0 Å². The van der Waals surface area contributed by atoms with E-state index in [9.17, 15) is 4.79 Å². The Morgan fingerprint density at radius 2 is 2.25 bits per heavy atom. The molecule has 1 fully saturated rings. The van der Waals surface area contributed by atoms with Gasteiger partial charge >= 0.3 is 5.97 Å². The van der Waals surface area contributed by atoms with Crippen molar-refractivity contribution in [3.8, 4) is 5.69 Å². The highest BCUT2D eigenvalue weighted by atomic mass is 32.2. The van der Waals surface area contributed by atoms with E-state index >= 15 is 0 Å². The minimum absolute atomic E-state index is 0.0257. The Morgan fingerprint density at radius 3 is 2.80 bits per heavy atom. The molecule has 20 heavy (non-hydrogen) atoms. The second-order valence-corrected chi connectivity index (χ2v) is 5.85. The molecule has 0 aliphatic heterocycles. The van der Waals surface area contributed by atoms with Crippen molar-refractivity contribution in [2.45, 2.75) is 30.8 Å². The number of aliphatic carboxylic acids is 1. The zero-order valence-corrected chi connectivity index (χ0v) is 12.1. The zero-order valence-electron chi connectivity index (χ0n) is 11.3. The monoisotopic (exact) mass is 293 g/mol. The number of carboxylic acid groups (broad SMARTS) is 1. The Morgan fingerprint density at radius 1 is 1.50 bits per heavy atom. The second kappa shape index (κ2) is 4.93. The summed E-state index contributed by atoms with van der Waals surface area (Å²) < 4.78 is 3.70. The maximum Gasteiger partial charge on any atom is 0.313 e. The summed E-state index contributed by atoms with van der Waals surface area (Å²) in [5, 5.41) is 22.2. The number of hydrogen-bond acceptors (Lipinski definition) is 5. The first kappa shape index (κ1) is 13.2. The molecule has 0 spiro atoms. The predicted molar refractivity (Wildman–Crippen MR) is 73.2 cm³/mol. The summed E-state index contributed by atoms with van der Waals surface area (Å²) in [6.07, 6.45) is 4.14. The predicted octanol–water partition coefficient (Wildman–Crippen LogP) is 1.36. The molecule has 1 aliphatic carbocycles. The molecule has 2 aromatic rings. The van der Waals surface area contributed by atoms with E-state index in [4.69, 9.17) is 5.11 Å². The Hall–Kier alpha value is -1.83. The van der Waals surface area contributed by atoms with Gasteiger partial charge in [-0.25, -0.2) is 0 Å². The highest BCUT2D eigenvalue weighted by Gasteiger charge is 2.32. The number of aryl methyl sites for hydroxylation is 2. The summed E-state index contributed by atoms with van der Waals surface area (Å²) in [6.45, 7) is 1.93. The second-order valence-electron chi connectivity index (χ2n) is 4.91. The molecular weight excluding hydrogens is 278 g/mol. The van der Waals surface area contributed by atoms with Gasteiger partial charge in [0.15, 0.2) is 5.16 Å². The third-order valence-corrected chi connectivity index (χ3v) is 4.07. The van der Waals surface area contributed by atoms with Crippen LogP contribution in [0.5, 0.6) is 0 Å². The van der Waals surface area contributed by atoms with E-state index in [-0.39, 0.29) is 5.75 Å². The third kappa shape index (κ3) is 2.43. The van der Waals surface area contributed by atoms with Gasteiger partial charge in [-0.1, -0.05) is 11.8 Å². The zero-order chi connectivity index (χ0) is 14.3. The van der Waals surface area contributed by atoms with Crippen molar-refractivity contribution in [3.63, 3.8) is 0 Å². The van der Waals surface area contributed by atoms with Crippen LogP contribution in [0.4, 0.5) is 0 Å². The van der Waals surface area contributed by atoms with Gasteiger partial charge in [-0.05, 0) is 19.8 Å². The summed E-state index contributed by atoms with van der Waals surface area (Å²) >= 11 is 1.19. The van der Waals surface area contributed by atoms with Crippen LogP contribution < -0.4 is 0 Å². The van der Waals surface area contributed by atoms with Crippen molar-refractivity contribution in [1.29, 1.82) is 0 Å². The molecule has 8 heteroatoms. The first-order valence-corrected chi connectivity index (χ1v) is 7.35. The van der Waals surface area contributed by atoms with Gasteiger partial charge in [0.1, 0.15) is 5.82 Å². The number of carbonyl (C=O) groups is 1. The van der Waals surface area contributed by atoms with Crippen molar-refractivity contribution >= 4 is 17.7 Å². The van der Waals surface area contributed by atoms with Crippen LogP contribution in [0.3, 0.4) is 0 Å². The molecule has 106 valence electrons. The van der Waals surface area contributed by atoms with Crippen LogP contribution in [0.2, 0.25) is 0 Å². The molecule has 0 radical (unpaired) electrons. The number of carboxylic acids is 1. The molecule has 1 saturated carbocycles. The molecule has 1 aliphatic rings. The summed E-state index contributed by atoms with van der Waals surface area (Å²) in [5.41, 5.74) is 1.80. The topological polar surface area (TPSA) is 85.8 Å². The van der Waals surface area contributed by atoms with Crippen molar-refractivity contribution in [1.82, 2.24) is 24.5 Å². The van der Waals surface area contributed by atoms with Gasteiger partial charge in [-0.3, -0.25) is 14.0 Å². The van der Waals surface area contributed by atoms with E-state index in [0.717, 1.165) is 30.0 Å². The minimum Gasteiger partial charge on any atom is -0.481 e. The standard InChI is InChI=1S/C12H15N5O2S/c1-7-9(5-16(2)15-7)17-11(8-3-4-8)13-14-12(17)20-6-10(18)19/h5,8H,3-4,6H2,1-2H3,(H,18,19). The number of nitrogens with zero attached hydrogens (tertiary/aromatic N) is 5. The Kier molecular flexibility index (Phi) is 3.25. The lowest BCUT2D eigenvalue weighted by Gasteiger charge is -2.07. The summed E-state index contributed by atoms with van der Waals surface area (Å²) in [4.78, 5) is 10.7. The van der Waals surface area contributed by atoms with Crippen molar-refractivity contribution in [2.24, 2.45) is 7.05 Å². The number of hydrogen-bond donors (Lipinski definition) is 1. The van der Waals surface area contributed by atoms with Crippen molar-refractivity contribution < 1.29 is 9.90 Å². The van der Waals surface area contributed by atoms with Crippen LogP contribution in [0.1, 0.15) is 30.3 Å². The molecule has 2 heterocycles. The van der Waals surface area contributed by atoms with Gasteiger partial charge in [0.05, 0.1) is 17.1 Å². The molecule has 0 bridgehead atoms.